The predicted octanol–water partition coefficient (Wildman–Crippen LogP) is 3.43. The summed E-state index contributed by atoms with van der Waals surface area (Å²) < 4.78 is 0. The molecular weight excluding hydrogens is 216 g/mol. The number of nitrogens with zero attached hydrogens (tertiary/aromatic N) is 1. The molecule has 0 radical (unpaired) electrons. The Hall–Kier alpha value is -1.48. The van der Waals surface area contributed by atoms with E-state index in [9.17, 15) is 0 Å². The Labute approximate surface area is 101 Å². The molecule has 0 saturated heterocycles. The van der Waals surface area contributed by atoms with E-state index < -0.39 is 0 Å². The summed E-state index contributed by atoms with van der Waals surface area (Å²) in [7, 11) is 4.07. The van der Waals surface area contributed by atoms with Gasteiger partial charge in [0.25, 0.3) is 0 Å². The molecule has 0 bridgehead atoms. The lowest BCUT2D eigenvalue weighted by Crippen LogP contribution is -2.14. The van der Waals surface area contributed by atoms with Gasteiger partial charge in [0, 0.05) is 26.3 Å². The molecule has 2 aromatic rings. The van der Waals surface area contributed by atoms with Crippen LogP contribution >= 0.6 is 11.3 Å². The van der Waals surface area contributed by atoms with E-state index in [0.29, 0.717) is 0 Å². The van der Waals surface area contributed by atoms with Crippen LogP contribution in [0, 0.1) is 0 Å². The summed E-state index contributed by atoms with van der Waals surface area (Å²) in [5, 5.41) is 6.57. The minimum Gasteiger partial charge on any atom is -0.388 e. The van der Waals surface area contributed by atoms with Crippen molar-refractivity contribution in [2.24, 2.45) is 0 Å². The van der Waals surface area contributed by atoms with Crippen molar-refractivity contribution < 1.29 is 0 Å². The fourth-order valence-electron chi connectivity index (χ4n) is 1.66. The topological polar surface area (TPSA) is 15.3 Å². The third-order valence-electron chi connectivity index (χ3n) is 2.52. The lowest BCUT2D eigenvalue weighted by Gasteiger charge is -2.17. The van der Waals surface area contributed by atoms with Gasteiger partial charge in [0.15, 0.2) is 0 Å². The molecule has 0 fully saturated rings. The van der Waals surface area contributed by atoms with Gasteiger partial charge in [-0.25, -0.2) is 0 Å². The van der Waals surface area contributed by atoms with Gasteiger partial charge in [0.05, 0.1) is 5.00 Å². The first-order chi connectivity index (χ1) is 7.79. The van der Waals surface area contributed by atoms with Gasteiger partial charge in [-0.3, -0.25) is 0 Å². The molecule has 0 unspecified atom stereocenters. The molecule has 0 saturated carbocycles. The number of anilines is 2. The van der Waals surface area contributed by atoms with Gasteiger partial charge in [-0.15, -0.1) is 11.3 Å². The zero-order valence-electron chi connectivity index (χ0n) is 9.60. The molecule has 0 spiro atoms. The first-order valence-electron chi connectivity index (χ1n) is 5.31. The Bertz CT molecular complexity index is 437. The molecule has 0 amide bonds. The van der Waals surface area contributed by atoms with E-state index in [-0.39, 0.29) is 0 Å². The molecule has 16 heavy (non-hydrogen) atoms. The molecule has 1 aromatic carbocycles. The average molecular weight is 232 g/mol. The van der Waals surface area contributed by atoms with Crippen LogP contribution in [0.4, 0.5) is 10.7 Å². The summed E-state index contributed by atoms with van der Waals surface area (Å²) in [5.74, 6) is 0. The second-order valence-electron chi connectivity index (χ2n) is 3.76. The number of thiophene rings is 1. The minimum atomic E-state index is 0.941. The Morgan fingerprint density at radius 1 is 1.25 bits per heavy atom. The first kappa shape index (κ1) is 11.0. The number of hydrogen-bond acceptors (Lipinski definition) is 3. The van der Waals surface area contributed by atoms with Crippen molar-refractivity contribution in [3.05, 3.63) is 47.3 Å². The Morgan fingerprint density at radius 2 is 2.12 bits per heavy atom. The molecule has 2 nitrogen and oxygen atoms in total. The Morgan fingerprint density at radius 3 is 2.81 bits per heavy atom. The van der Waals surface area contributed by atoms with Crippen LogP contribution in [0.25, 0.3) is 0 Å². The van der Waals surface area contributed by atoms with E-state index in [1.54, 1.807) is 11.3 Å². The van der Waals surface area contributed by atoms with E-state index in [0.717, 1.165) is 12.2 Å². The maximum absolute atomic E-state index is 3.16. The Kier molecular flexibility index (Phi) is 3.47. The van der Waals surface area contributed by atoms with E-state index in [1.165, 1.54) is 10.6 Å². The van der Waals surface area contributed by atoms with Crippen molar-refractivity contribution in [3.8, 4) is 0 Å². The second kappa shape index (κ2) is 5.03. The molecule has 0 atom stereocenters. The summed E-state index contributed by atoms with van der Waals surface area (Å²) in [6, 6.07) is 12.7. The van der Waals surface area contributed by atoms with Gasteiger partial charge in [-0.2, -0.15) is 0 Å². The van der Waals surface area contributed by atoms with E-state index in [4.69, 9.17) is 0 Å². The van der Waals surface area contributed by atoms with Crippen LogP contribution in [-0.2, 0) is 6.54 Å². The lowest BCUT2D eigenvalue weighted by molar-refractivity contribution is 0.935. The lowest BCUT2D eigenvalue weighted by atomic mass is 10.2. The molecular formula is C13H16N2S. The highest BCUT2D eigenvalue weighted by Gasteiger charge is 2.02. The van der Waals surface area contributed by atoms with Gasteiger partial charge < -0.3 is 10.2 Å². The van der Waals surface area contributed by atoms with E-state index in [2.05, 4.69) is 59.0 Å². The van der Waals surface area contributed by atoms with Crippen LogP contribution < -0.4 is 10.2 Å². The van der Waals surface area contributed by atoms with E-state index in [1.807, 2.05) is 7.05 Å². The maximum Gasteiger partial charge on any atom is 0.0908 e. The summed E-state index contributed by atoms with van der Waals surface area (Å²) in [4.78, 5) is 2.26. The molecule has 84 valence electrons. The summed E-state index contributed by atoms with van der Waals surface area (Å²) in [6.45, 7) is 0.941. The SMILES string of the molecule is CNc1cccc(CN(C)c2cccs2)c1. The molecule has 0 aliphatic heterocycles. The van der Waals surface area contributed by atoms with Crippen LogP contribution in [0.2, 0.25) is 0 Å². The van der Waals surface area contributed by atoms with Crippen molar-refractivity contribution in [2.45, 2.75) is 6.54 Å². The van der Waals surface area contributed by atoms with Gasteiger partial charge in [-0.1, -0.05) is 12.1 Å². The van der Waals surface area contributed by atoms with Crippen molar-refractivity contribution in [1.29, 1.82) is 0 Å². The van der Waals surface area contributed by atoms with Gasteiger partial charge in [-0.05, 0) is 35.2 Å². The molecule has 0 aliphatic carbocycles. The smallest absolute Gasteiger partial charge is 0.0908 e. The first-order valence-corrected chi connectivity index (χ1v) is 6.19. The molecule has 3 heteroatoms. The van der Waals surface area contributed by atoms with Gasteiger partial charge in [0.1, 0.15) is 0 Å². The van der Waals surface area contributed by atoms with E-state index >= 15 is 0 Å². The minimum absolute atomic E-state index is 0.941. The number of rotatable bonds is 4. The largest absolute Gasteiger partial charge is 0.388 e. The molecule has 1 aromatic heterocycles. The van der Waals surface area contributed by atoms with Crippen molar-refractivity contribution in [2.75, 3.05) is 24.3 Å². The quantitative estimate of drug-likeness (QED) is 0.869. The number of hydrogen-bond donors (Lipinski definition) is 1. The normalized spacial score (nSPS) is 10.1. The van der Waals surface area contributed by atoms with Crippen molar-refractivity contribution in [1.82, 2.24) is 0 Å². The monoisotopic (exact) mass is 232 g/mol. The second-order valence-corrected chi connectivity index (χ2v) is 4.68. The third kappa shape index (κ3) is 2.55. The highest BCUT2D eigenvalue weighted by molar-refractivity contribution is 7.14. The predicted molar refractivity (Wildman–Crippen MR) is 72.4 cm³/mol. The van der Waals surface area contributed by atoms with Crippen LogP contribution in [0.1, 0.15) is 5.56 Å². The zero-order chi connectivity index (χ0) is 11.4. The van der Waals surface area contributed by atoms with Crippen molar-refractivity contribution in [3.63, 3.8) is 0 Å². The Balaban J connectivity index is 2.08. The van der Waals surface area contributed by atoms with Crippen LogP contribution in [0.15, 0.2) is 41.8 Å². The fourth-order valence-corrected chi connectivity index (χ4v) is 2.36. The summed E-state index contributed by atoms with van der Waals surface area (Å²) >= 11 is 1.77. The van der Waals surface area contributed by atoms with Crippen LogP contribution in [0.5, 0.6) is 0 Å². The summed E-state index contributed by atoms with van der Waals surface area (Å²) in [6.07, 6.45) is 0. The highest BCUT2D eigenvalue weighted by atomic mass is 32.1. The fraction of sp³-hybridized carbons (Fsp3) is 0.231. The number of benzene rings is 1. The molecule has 2 rings (SSSR count). The molecule has 1 heterocycles. The number of nitrogens with one attached hydrogen (secondary N) is 1. The summed E-state index contributed by atoms with van der Waals surface area (Å²) in [5.41, 5.74) is 2.49. The van der Waals surface area contributed by atoms with Crippen LogP contribution in [-0.4, -0.2) is 14.1 Å². The van der Waals surface area contributed by atoms with Crippen molar-refractivity contribution >= 4 is 22.0 Å². The van der Waals surface area contributed by atoms with Crippen LogP contribution in [0.3, 0.4) is 0 Å². The molecule has 1 N–H and O–H groups in total. The average Bonchev–Trinajstić information content (AvgIpc) is 2.83. The maximum atomic E-state index is 3.16. The molecule has 0 aliphatic rings. The van der Waals surface area contributed by atoms with Gasteiger partial charge in [0.2, 0.25) is 0 Å². The highest BCUT2D eigenvalue weighted by Crippen LogP contribution is 2.22. The third-order valence-corrected chi connectivity index (χ3v) is 3.50. The van der Waals surface area contributed by atoms with Gasteiger partial charge >= 0.3 is 0 Å². The standard InChI is InChI=1S/C13H16N2S/c1-14-12-6-3-5-11(9-12)10-15(2)13-7-4-8-16-13/h3-9,14H,10H2,1-2H3. The zero-order valence-corrected chi connectivity index (χ0v) is 10.4.